The van der Waals surface area contributed by atoms with Crippen LogP contribution in [-0.4, -0.2) is 31.4 Å². The SMILES string of the molecule is Cc1ccc2c(C)c(C(=O)NCC(c3ccc(C)o3)N(C)C)oc2c1.Cl. The Kier molecular flexibility index (Phi) is 6.16. The zero-order chi connectivity index (χ0) is 18.1. The molecule has 5 nitrogen and oxygen atoms in total. The number of halogens is 1. The van der Waals surface area contributed by atoms with Crippen LogP contribution in [0.3, 0.4) is 0 Å². The van der Waals surface area contributed by atoms with Crippen LogP contribution in [0.1, 0.15) is 39.2 Å². The maximum atomic E-state index is 12.6. The molecule has 0 radical (unpaired) electrons. The van der Waals surface area contributed by atoms with E-state index in [0.29, 0.717) is 12.3 Å². The Labute approximate surface area is 159 Å². The van der Waals surface area contributed by atoms with Gasteiger partial charge in [-0.25, -0.2) is 0 Å². The first kappa shape index (κ1) is 20.1. The molecule has 0 saturated carbocycles. The summed E-state index contributed by atoms with van der Waals surface area (Å²) in [6.07, 6.45) is 0. The highest BCUT2D eigenvalue weighted by Gasteiger charge is 2.22. The molecule has 26 heavy (non-hydrogen) atoms. The van der Waals surface area contributed by atoms with Crippen molar-refractivity contribution in [2.45, 2.75) is 26.8 Å². The highest BCUT2D eigenvalue weighted by Crippen LogP contribution is 2.26. The predicted molar refractivity (Wildman–Crippen MR) is 105 cm³/mol. The second-order valence-electron chi connectivity index (χ2n) is 6.69. The van der Waals surface area contributed by atoms with E-state index in [1.165, 1.54) is 0 Å². The number of benzene rings is 1. The number of fused-ring (bicyclic) bond motifs is 1. The maximum absolute atomic E-state index is 12.6. The molecule has 1 aromatic carbocycles. The summed E-state index contributed by atoms with van der Waals surface area (Å²) < 4.78 is 11.5. The first-order valence-electron chi connectivity index (χ1n) is 8.37. The zero-order valence-corrected chi connectivity index (χ0v) is 16.6. The Bertz CT molecular complexity index is 911. The van der Waals surface area contributed by atoms with Gasteiger partial charge in [0.15, 0.2) is 5.76 Å². The molecule has 1 unspecified atom stereocenters. The molecule has 0 aliphatic carbocycles. The van der Waals surface area contributed by atoms with Crippen LogP contribution in [0, 0.1) is 20.8 Å². The quantitative estimate of drug-likeness (QED) is 0.716. The third-order valence-electron chi connectivity index (χ3n) is 4.47. The first-order valence-corrected chi connectivity index (χ1v) is 8.37. The van der Waals surface area contributed by atoms with Gasteiger partial charge in [0.1, 0.15) is 17.1 Å². The van der Waals surface area contributed by atoms with Gasteiger partial charge < -0.3 is 14.2 Å². The topological polar surface area (TPSA) is 58.6 Å². The minimum absolute atomic E-state index is 0. The highest BCUT2D eigenvalue weighted by molar-refractivity contribution is 5.99. The van der Waals surface area contributed by atoms with Gasteiger partial charge in [0.25, 0.3) is 5.91 Å². The van der Waals surface area contributed by atoms with Gasteiger partial charge >= 0.3 is 0 Å². The largest absolute Gasteiger partial charge is 0.465 e. The zero-order valence-electron chi connectivity index (χ0n) is 15.8. The van der Waals surface area contributed by atoms with E-state index >= 15 is 0 Å². The van der Waals surface area contributed by atoms with Gasteiger partial charge in [-0.15, -0.1) is 12.4 Å². The van der Waals surface area contributed by atoms with Crippen molar-refractivity contribution < 1.29 is 13.6 Å². The van der Waals surface area contributed by atoms with Gasteiger partial charge in [-0.2, -0.15) is 0 Å². The van der Waals surface area contributed by atoms with Gasteiger partial charge in [0, 0.05) is 17.5 Å². The molecule has 3 aromatic rings. The number of carbonyl (C=O) groups is 1. The Balaban J connectivity index is 0.00000243. The first-order chi connectivity index (χ1) is 11.9. The summed E-state index contributed by atoms with van der Waals surface area (Å²) in [5, 5.41) is 3.94. The summed E-state index contributed by atoms with van der Waals surface area (Å²) >= 11 is 0. The summed E-state index contributed by atoms with van der Waals surface area (Å²) in [5.74, 6) is 1.85. The highest BCUT2D eigenvalue weighted by atomic mass is 35.5. The fraction of sp³-hybridized carbons (Fsp3) is 0.350. The summed E-state index contributed by atoms with van der Waals surface area (Å²) in [6.45, 7) is 6.27. The molecule has 1 atom stereocenters. The Morgan fingerprint density at radius 1 is 1.12 bits per heavy atom. The van der Waals surface area contributed by atoms with Crippen LogP contribution in [0.2, 0.25) is 0 Å². The molecular formula is C20H25ClN2O3. The summed E-state index contributed by atoms with van der Waals surface area (Å²) in [5.41, 5.74) is 2.71. The molecule has 0 aliphatic heterocycles. The minimum atomic E-state index is -0.207. The molecule has 0 aliphatic rings. The van der Waals surface area contributed by atoms with Gasteiger partial charge in [-0.05, 0) is 58.6 Å². The molecular weight excluding hydrogens is 352 g/mol. The molecule has 2 aromatic heterocycles. The molecule has 1 N–H and O–H groups in total. The number of hydrogen-bond donors (Lipinski definition) is 1. The van der Waals surface area contributed by atoms with Gasteiger partial charge in [0.2, 0.25) is 0 Å². The van der Waals surface area contributed by atoms with E-state index < -0.39 is 0 Å². The van der Waals surface area contributed by atoms with Crippen LogP contribution in [0.5, 0.6) is 0 Å². The lowest BCUT2D eigenvalue weighted by atomic mass is 10.1. The van der Waals surface area contributed by atoms with Crippen LogP contribution in [-0.2, 0) is 0 Å². The summed E-state index contributed by atoms with van der Waals surface area (Å²) in [6, 6.07) is 9.81. The number of carbonyl (C=O) groups excluding carboxylic acids is 1. The van der Waals surface area contributed by atoms with E-state index in [0.717, 1.165) is 33.6 Å². The van der Waals surface area contributed by atoms with Crippen molar-refractivity contribution >= 4 is 29.3 Å². The molecule has 0 spiro atoms. The molecule has 0 bridgehead atoms. The van der Waals surface area contributed by atoms with Crippen molar-refractivity contribution in [2.75, 3.05) is 20.6 Å². The van der Waals surface area contributed by atoms with Crippen molar-refractivity contribution in [1.82, 2.24) is 10.2 Å². The maximum Gasteiger partial charge on any atom is 0.287 e. The van der Waals surface area contributed by atoms with Crippen molar-refractivity contribution in [2.24, 2.45) is 0 Å². The number of hydrogen-bond acceptors (Lipinski definition) is 4. The van der Waals surface area contributed by atoms with E-state index in [1.807, 2.05) is 70.1 Å². The van der Waals surface area contributed by atoms with Gasteiger partial charge in [-0.1, -0.05) is 12.1 Å². The second-order valence-corrected chi connectivity index (χ2v) is 6.69. The second kappa shape index (κ2) is 7.98. The van der Waals surface area contributed by atoms with E-state index in [-0.39, 0.29) is 24.4 Å². The number of rotatable bonds is 5. The number of amides is 1. The predicted octanol–water partition coefficient (Wildman–Crippen LogP) is 4.41. The molecule has 140 valence electrons. The van der Waals surface area contributed by atoms with Crippen LogP contribution in [0.4, 0.5) is 0 Å². The fourth-order valence-corrected chi connectivity index (χ4v) is 2.99. The van der Waals surface area contributed by atoms with Crippen LogP contribution in [0.25, 0.3) is 11.0 Å². The fourth-order valence-electron chi connectivity index (χ4n) is 2.99. The lowest BCUT2D eigenvalue weighted by Gasteiger charge is -2.22. The molecule has 1 amide bonds. The van der Waals surface area contributed by atoms with Gasteiger partial charge in [0.05, 0.1) is 6.04 Å². The normalized spacial score (nSPS) is 12.2. The third-order valence-corrected chi connectivity index (χ3v) is 4.47. The lowest BCUT2D eigenvalue weighted by Crippen LogP contribution is -2.34. The molecule has 3 rings (SSSR count). The Hall–Kier alpha value is -2.24. The number of aryl methyl sites for hydroxylation is 3. The third kappa shape index (κ3) is 3.94. The Morgan fingerprint density at radius 3 is 2.46 bits per heavy atom. The number of likely N-dealkylation sites (N-methyl/N-ethyl adjacent to an activating group) is 1. The van der Waals surface area contributed by atoms with Crippen molar-refractivity contribution in [1.29, 1.82) is 0 Å². The average molecular weight is 377 g/mol. The number of nitrogens with zero attached hydrogens (tertiary/aromatic N) is 1. The molecule has 2 heterocycles. The lowest BCUT2D eigenvalue weighted by molar-refractivity contribution is 0.0912. The smallest absolute Gasteiger partial charge is 0.287 e. The van der Waals surface area contributed by atoms with E-state index in [4.69, 9.17) is 8.83 Å². The van der Waals surface area contributed by atoms with E-state index in [9.17, 15) is 4.79 Å². The summed E-state index contributed by atoms with van der Waals surface area (Å²) in [7, 11) is 3.92. The van der Waals surface area contributed by atoms with E-state index in [1.54, 1.807) is 0 Å². The van der Waals surface area contributed by atoms with E-state index in [2.05, 4.69) is 5.32 Å². The van der Waals surface area contributed by atoms with Gasteiger partial charge in [-0.3, -0.25) is 9.69 Å². The number of furan rings is 2. The average Bonchev–Trinajstić information content (AvgIpc) is 3.11. The Morgan fingerprint density at radius 2 is 1.85 bits per heavy atom. The van der Waals surface area contributed by atoms with Crippen LogP contribution >= 0.6 is 12.4 Å². The summed E-state index contributed by atoms with van der Waals surface area (Å²) in [4.78, 5) is 14.7. The van der Waals surface area contributed by atoms with Crippen molar-refractivity contribution in [3.8, 4) is 0 Å². The van der Waals surface area contributed by atoms with Crippen LogP contribution < -0.4 is 5.32 Å². The molecule has 0 saturated heterocycles. The minimum Gasteiger partial charge on any atom is -0.465 e. The van der Waals surface area contributed by atoms with Crippen LogP contribution in [0.15, 0.2) is 39.2 Å². The van der Waals surface area contributed by atoms with Crippen molar-refractivity contribution in [3.63, 3.8) is 0 Å². The standard InChI is InChI=1S/C20H24N2O3.ClH/c1-12-6-8-15-14(3)19(25-18(15)10-12)20(23)21-11-16(22(4)5)17-9-7-13(2)24-17;/h6-10,16H,11H2,1-5H3,(H,21,23);1H. The number of nitrogens with one attached hydrogen (secondary N) is 1. The molecule has 0 fully saturated rings. The monoisotopic (exact) mass is 376 g/mol. The van der Waals surface area contributed by atoms with Crippen molar-refractivity contribution in [3.05, 3.63) is 58.7 Å². The molecule has 6 heteroatoms.